The van der Waals surface area contributed by atoms with E-state index >= 15 is 0 Å². The van der Waals surface area contributed by atoms with Crippen LogP contribution in [0.25, 0.3) is 0 Å². The Bertz CT molecular complexity index is 157. The van der Waals surface area contributed by atoms with Crippen LogP contribution in [0.5, 0.6) is 0 Å². The minimum Gasteiger partial charge on any atom is -0.428 e. The Morgan fingerprint density at radius 1 is 1.75 bits per heavy atom. The van der Waals surface area contributed by atoms with E-state index in [0.29, 0.717) is 12.5 Å². The molecule has 1 rings (SSSR count). The number of rotatable bonds is 4. The van der Waals surface area contributed by atoms with Crippen molar-refractivity contribution in [1.82, 2.24) is 0 Å². The normalized spacial score (nSPS) is 24.8. The molecule has 0 bridgehead atoms. The standard InChI is InChI=1S/C8H14O4/c1-3-6(2)4-10-7-5-11-8(9)12-7/h6-7H,3-5H2,1-2H3/t6-,7?/m0/s1. The topological polar surface area (TPSA) is 44.8 Å². The monoisotopic (exact) mass is 174 g/mol. The maximum absolute atomic E-state index is 10.4. The Hall–Kier alpha value is -0.770. The fraction of sp³-hybridized carbons (Fsp3) is 0.875. The summed E-state index contributed by atoms with van der Waals surface area (Å²) in [4.78, 5) is 10.4. The molecule has 0 N–H and O–H groups in total. The molecule has 0 aliphatic carbocycles. The van der Waals surface area contributed by atoms with Crippen LogP contribution in [0.3, 0.4) is 0 Å². The van der Waals surface area contributed by atoms with Crippen molar-refractivity contribution < 1.29 is 19.0 Å². The van der Waals surface area contributed by atoms with Crippen molar-refractivity contribution in [1.29, 1.82) is 0 Å². The van der Waals surface area contributed by atoms with Crippen LogP contribution in [0.15, 0.2) is 0 Å². The molecule has 0 aromatic carbocycles. The van der Waals surface area contributed by atoms with Gasteiger partial charge in [-0.1, -0.05) is 20.3 Å². The molecule has 1 fully saturated rings. The van der Waals surface area contributed by atoms with Gasteiger partial charge in [0.1, 0.15) is 0 Å². The molecule has 1 saturated heterocycles. The first kappa shape index (κ1) is 9.32. The summed E-state index contributed by atoms with van der Waals surface area (Å²) in [6.45, 7) is 5.00. The van der Waals surface area contributed by atoms with Gasteiger partial charge in [-0.2, -0.15) is 0 Å². The Kier molecular flexibility index (Phi) is 3.34. The predicted molar refractivity (Wildman–Crippen MR) is 41.6 cm³/mol. The van der Waals surface area contributed by atoms with E-state index in [1.54, 1.807) is 0 Å². The largest absolute Gasteiger partial charge is 0.510 e. The molecule has 4 heteroatoms. The van der Waals surface area contributed by atoms with Crippen LogP contribution < -0.4 is 0 Å². The Morgan fingerprint density at radius 2 is 2.50 bits per heavy atom. The van der Waals surface area contributed by atoms with Gasteiger partial charge in [0.05, 0.1) is 6.61 Å². The number of hydrogen-bond acceptors (Lipinski definition) is 4. The number of carbonyl (C=O) groups is 1. The summed E-state index contributed by atoms with van der Waals surface area (Å²) in [7, 11) is 0. The zero-order valence-electron chi connectivity index (χ0n) is 7.41. The highest BCUT2D eigenvalue weighted by Gasteiger charge is 2.25. The third-order valence-corrected chi connectivity index (χ3v) is 1.83. The molecule has 1 aliphatic heterocycles. The maximum atomic E-state index is 10.4. The number of ether oxygens (including phenoxy) is 3. The second-order valence-corrected chi connectivity index (χ2v) is 2.96. The lowest BCUT2D eigenvalue weighted by Crippen LogP contribution is -2.18. The smallest absolute Gasteiger partial charge is 0.428 e. The van der Waals surface area contributed by atoms with Gasteiger partial charge in [-0.25, -0.2) is 4.79 Å². The van der Waals surface area contributed by atoms with E-state index in [4.69, 9.17) is 4.74 Å². The zero-order valence-corrected chi connectivity index (χ0v) is 7.41. The first-order chi connectivity index (χ1) is 5.72. The van der Waals surface area contributed by atoms with Crippen LogP contribution in [0.2, 0.25) is 0 Å². The average Bonchev–Trinajstić information content (AvgIpc) is 2.47. The summed E-state index contributed by atoms with van der Waals surface area (Å²) < 4.78 is 14.5. The van der Waals surface area contributed by atoms with E-state index in [9.17, 15) is 4.79 Å². The van der Waals surface area contributed by atoms with Gasteiger partial charge in [-0.05, 0) is 5.92 Å². The minimum atomic E-state index is -0.635. The maximum Gasteiger partial charge on any atom is 0.510 e. The molecular weight excluding hydrogens is 160 g/mol. The lowest BCUT2D eigenvalue weighted by atomic mass is 10.1. The van der Waals surface area contributed by atoms with Gasteiger partial charge in [0, 0.05) is 0 Å². The second kappa shape index (κ2) is 4.30. The van der Waals surface area contributed by atoms with Crippen molar-refractivity contribution in [3.05, 3.63) is 0 Å². The molecule has 0 radical (unpaired) electrons. The molecule has 70 valence electrons. The van der Waals surface area contributed by atoms with Crippen molar-refractivity contribution in [3.63, 3.8) is 0 Å². The van der Waals surface area contributed by atoms with Gasteiger partial charge in [-0.15, -0.1) is 0 Å². The highest BCUT2D eigenvalue weighted by molar-refractivity contribution is 5.61. The highest BCUT2D eigenvalue weighted by atomic mass is 16.8. The molecule has 1 heterocycles. The molecule has 0 spiro atoms. The van der Waals surface area contributed by atoms with E-state index in [-0.39, 0.29) is 6.61 Å². The summed E-state index contributed by atoms with van der Waals surface area (Å²) in [5, 5.41) is 0. The SMILES string of the molecule is CC[C@H](C)COC1COC(=O)O1. The van der Waals surface area contributed by atoms with Gasteiger partial charge in [0.15, 0.2) is 6.61 Å². The van der Waals surface area contributed by atoms with Crippen LogP contribution in [-0.2, 0) is 14.2 Å². The first-order valence-corrected chi connectivity index (χ1v) is 4.17. The van der Waals surface area contributed by atoms with Crippen molar-refractivity contribution in [3.8, 4) is 0 Å². The Morgan fingerprint density at radius 3 is 3.00 bits per heavy atom. The van der Waals surface area contributed by atoms with Gasteiger partial charge in [0.25, 0.3) is 0 Å². The second-order valence-electron chi connectivity index (χ2n) is 2.96. The third kappa shape index (κ3) is 2.70. The zero-order chi connectivity index (χ0) is 8.97. The summed E-state index contributed by atoms with van der Waals surface area (Å²) in [5.74, 6) is 0.490. The molecule has 1 unspecified atom stereocenters. The van der Waals surface area contributed by atoms with Crippen LogP contribution in [-0.4, -0.2) is 25.7 Å². The Labute approximate surface area is 71.8 Å². The lowest BCUT2D eigenvalue weighted by molar-refractivity contribution is -0.0871. The van der Waals surface area contributed by atoms with Gasteiger partial charge < -0.3 is 14.2 Å². The van der Waals surface area contributed by atoms with Crippen LogP contribution in [0.4, 0.5) is 4.79 Å². The molecule has 4 nitrogen and oxygen atoms in total. The predicted octanol–water partition coefficient (Wildman–Crippen LogP) is 1.54. The highest BCUT2D eigenvalue weighted by Crippen LogP contribution is 2.10. The molecular formula is C8H14O4. The van der Waals surface area contributed by atoms with Crippen LogP contribution >= 0.6 is 0 Å². The molecule has 0 amide bonds. The fourth-order valence-electron chi connectivity index (χ4n) is 0.783. The average molecular weight is 174 g/mol. The molecule has 0 saturated carbocycles. The Balaban J connectivity index is 2.11. The summed E-state index contributed by atoms with van der Waals surface area (Å²) in [6.07, 6.45) is -0.0720. The van der Waals surface area contributed by atoms with E-state index in [1.165, 1.54) is 0 Å². The fourth-order valence-corrected chi connectivity index (χ4v) is 0.783. The summed E-state index contributed by atoms with van der Waals surface area (Å²) in [6, 6.07) is 0. The molecule has 2 atom stereocenters. The summed E-state index contributed by atoms with van der Waals surface area (Å²) >= 11 is 0. The molecule has 12 heavy (non-hydrogen) atoms. The van der Waals surface area contributed by atoms with Gasteiger partial charge in [-0.3, -0.25) is 0 Å². The van der Waals surface area contributed by atoms with Crippen molar-refractivity contribution in [2.75, 3.05) is 13.2 Å². The van der Waals surface area contributed by atoms with Crippen molar-refractivity contribution in [2.45, 2.75) is 26.6 Å². The molecule has 0 aromatic rings. The molecule has 0 aromatic heterocycles. The van der Waals surface area contributed by atoms with Crippen LogP contribution in [0, 0.1) is 5.92 Å². The first-order valence-electron chi connectivity index (χ1n) is 4.17. The van der Waals surface area contributed by atoms with Crippen LogP contribution in [0.1, 0.15) is 20.3 Å². The quantitative estimate of drug-likeness (QED) is 0.606. The minimum absolute atomic E-state index is 0.218. The van der Waals surface area contributed by atoms with Crippen molar-refractivity contribution >= 4 is 6.16 Å². The molecule has 1 aliphatic rings. The van der Waals surface area contributed by atoms with E-state index in [2.05, 4.69) is 23.3 Å². The third-order valence-electron chi connectivity index (χ3n) is 1.83. The lowest BCUT2D eigenvalue weighted by Gasteiger charge is -2.11. The van der Waals surface area contributed by atoms with E-state index in [1.807, 2.05) is 0 Å². The van der Waals surface area contributed by atoms with E-state index in [0.717, 1.165) is 6.42 Å². The summed E-state index contributed by atoms with van der Waals surface area (Å²) in [5.41, 5.74) is 0. The van der Waals surface area contributed by atoms with Gasteiger partial charge in [0.2, 0.25) is 6.29 Å². The number of carbonyl (C=O) groups excluding carboxylic acids is 1. The van der Waals surface area contributed by atoms with E-state index < -0.39 is 12.4 Å². The number of cyclic esters (lactones) is 2. The van der Waals surface area contributed by atoms with Crippen molar-refractivity contribution in [2.24, 2.45) is 5.92 Å². The van der Waals surface area contributed by atoms with Gasteiger partial charge >= 0.3 is 6.16 Å². The number of hydrogen-bond donors (Lipinski definition) is 0.